The lowest BCUT2D eigenvalue weighted by molar-refractivity contribution is 0.0698. The van der Waals surface area contributed by atoms with Crippen molar-refractivity contribution in [1.82, 2.24) is 0 Å². The van der Waals surface area contributed by atoms with Crippen LogP contribution in [0.1, 0.15) is 52.6 Å². The largest absolute Gasteiger partial charge is 0.478 e. The number of aromatic carboxylic acids is 1. The molecule has 4 nitrogen and oxygen atoms in total. The summed E-state index contributed by atoms with van der Waals surface area (Å²) in [5.41, 5.74) is 7.17. The smallest absolute Gasteiger partial charge is 0.337 e. The molecule has 4 heteroatoms. The number of carbonyl (C=O) groups excluding carboxylic acids is 1. The van der Waals surface area contributed by atoms with E-state index in [1.165, 1.54) is 6.07 Å². The average Bonchev–Trinajstić information content (AvgIpc) is 2.45. The summed E-state index contributed by atoms with van der Waals surface area (Å²) >= 11 is 0. The maximum absolute atomic E-state index is 12.8. The Morgan fingerprint density at radius 3 is 2.09 bits per heavy atom. The summed E-state index contributed by atoms with van der Waals surface area (Å²) in [7, 11) is 0. The van der Waals surface area contributed by atoms with Gasteiger partial charge in [0, 0.05) is 5.56 Å². The molecule has 0 saturated carbocycles. The molecule has 114 valence electrons. The quantitative estimate of drug-likeness (QED) is 0.671. The molecule has 2 aromatic rings. The lowest BCUT2D eigenvalue weighted by Crippen LogP contribution is -2.21. The van der Waals surface area contributed by atoms with Crippen molar-refractivity contribution in [3.05, 3.63) is 64.7 Å². The fraction of sp³-hybridized carbons (Fsp3) is 0.222. The number of nitrogens with two attached hydrogens (primary N) is 1. The van der Waals surface area contributed by atoms with Gasteiger partial charge in [0.25, 0.3) is 0 Å². The van der Waals surface area contributed by atoms with Crippen LogP contribution in [-0.4, -0.2) is 16.9 Å². The molecule has 0 bridgehead atoms. The Bertz CT molecular complexity index is 728. The number of carboxylic acid groups (broad SMARTS) is 1. The summed E-state index contributed by atoms with van der Waals surface area (Å²) < 4.78 is 0. The van der Waals surface area contributed by atoms with E-state index in [0.29, 0.717) is 5.56 Å². The van der Waals surface area contributed by atoms with Gasteiger partial charge in [-0.05, 0) is 17.0 Å². The number of ketones is 1. The van der Waals surface area contributed by atoms with Crippen LogP contribution in [0, 0.1) is 0 Å². The molecular formula is C18H19NO3. The maximum Gasteiger partial charge on any atom is 0.337 e. The first-order valence-corrected chi connectivity index (χ1v) is 6.99. The zero-order chi connectivity index (χ0) is 16.5. The molecule has 0 radical (unpaired) electrons. The highest BCUT2D eigenvalue weighted by atomic mass is 16.4. The molecule has 0 aromatic heterocycles. The Kier molecular flexibility index (Phi) is 4.04. The monoisotopic (exact) mass is 297 g/mol. The van der Waals surface area contributed by atoms with Crippen molar-refractivity contribution in [3.8, 4) is 0 Å². The summed E-state index contributed by atoms with van der Waals surface area (Å²) in [4.78, 5) is 24.1. The van der Waals surface area contributed by atoms with Crippen molar-refractivity contribution in [2.45, 2.75) is 26.2 Å². The van der Waals surface area contributed by atoms with E-state index >= 15 is 0 Å². The number of hydrogen-bond acceptors (Lipinski definition) is 3. The van der Waals surface area contributed by atoms with E-state index in [9.17, 15) is 14.7 Å². The predicted molar refractivity (Wildman–Crippen MR) is 86.4 cm³/mol. The second-order valence-corrected chi connectivity index (χ2v) is 6.20. The molecule has 0 saturated heterocycles. The van der Waals surface area contributed by atoms with Crippen LogP contribution >= 0.6 is 0 Å². The zero-order valence-electron chi connectivity index (χ0n) is 12.9. The molecule has 0 aliphatic heterocycles. The van der Waals surface area contributed by atoms with Gasteiger partial charge in [-0.2, -0.15) is 0 Å². The van der Waals surface area contributed by atoms with Crippen molar-refractivity contribution in [2.75, 3.05) is 5.73 Å². The van der Waals surface area contributed by atoms with Gasteiger partial charge >= 0.3 is 5.97 Å². The number of benzene rings is 2. The molecule has 0 unspecified atom stereocenters. The number of hydrogen-bond donors (Lipinski definition) is 2. The summed E-state index contributed by atoms with van der Waals surface area (Å²) in [6.07, 6.45) is 0. The first-order valence-electron chi connectivity index (χ1n) is 6.99. The molecule has 2 rings (SSSR count). The van der Waals surface area contributed by atoms with Crippen molar-refractivity contribution >= 4 is 17.4 Å². The van der Waals surface area contributed by atoms with Gasteiger partial charge in [0.15, 0.2) is 5.78 Å². The van der Waals surface area contributed by atoms with Gasteiger partial charge in [-0.1, -0.05) is 57.2 Å². The average molecular weight is 297 g/mol. The first kappa shape index (κ1) is 15.8. The molecule has 3 N–H and O–H groups in total. The third-order valence-corrected chi connectivity index (χ3v) is 3.55. The summed E-state index contributed by atoms with van der Waals surface area (Å²) in [6.45, 7) is 5.89. The fourth-order valence-electron chi connectivity index (χ4n) is 2.41. The van der Waals surface area contributed by atoms with E-state index < -0.39 is 5.97 Å². The van der Waals surface area contributed by atoms with Gasteiger partial charge in [-0.15, -0.1) is 0 Å². The maximum atomic E-state index is 12.8. The van der Waals surface area contributed by atoms with Crippen molar-refractivity contribution in [1.29, 1.82) is 0 Å². The number of anilines is 1. The van der Waals surface area contributed by atoms with Crippen LogP contribution in [0.4, 0.5) is 5.69 Å². The zero-order valence-corrected chi connectivity index (χ0v) is 12.9. The molecule has 22 heavy (non-hydrogen) atoms. The highest BCUT2D eigenvalue weighted by Crippen LogP contribution is 2.33. The highest BCUT2D eigenvalue weighted by Gasteiger charge is 2.27. The normalized spacial score (nSPS) is 11.2. The van der Waals surface area contributed by atoms with Crippen LogP contribution in [0.5, 0.6) is 0 Å². The van der Waals surface area contributed by atoms with Crippen LogP contribution in [0.3, 0.4) is 0 Å². The van der Waals surface area contributed by atoms with Gasteiger partial charge in [0.05, 0.1) is 16.8 Å². The SMILES string of the molecule is CC(C)(C)c1ccc(C(=O)O)c(N)c1C(=O)c1ccccc1. The van der Waals surface area contributed by atoms with Gasteiger partial charge in [-0.3, -0.25) is 4.79 Å². The van der Waals surface area contributed by atoms with Crippen molar-refractivity contribution in [2.24, 2.45) is 0 Å². The number of nitrogen functional groups attached to an aromatic ring is 1. The van der Waals surface area contributed by atoms with Gasteiger partial charge < -0.3 is 10.8 Å². The number of carboxylic acids is 1. The van der Waals surface area contributed by atoms with E-state index in [0.717, 1.165) is 5.56 Å². The number of rotatable bonds is 3. The van der Waals surface area contributed by atoms with Crippen LogP contribution in [0.25, 0.3) is 0 Å². The first-order chi connectivity index (χ1) is 10.2. The molecule has 0 atom stereocenters. The lowest BCUT2D eigenvalue weighted by Gasteiger charge is -2.24. The molecular weight excluding hydrogens is 278 g/mol. The Morgan fingerprint density at radius 2 is 1.59 bits per heavy atom. The van der Waals surface area contributed by atoms with Gasteiger partial charge in [-0.25, -0.2) is 4.79 Å². The standard InChI is InChI=1S/C18H19NO3/c1-18(2,3)13-10-9-12(17(21)22)15(19)14(13)16(20)11-7-5-4-6-8-11/h4-10H,19H2,1-3H3,(H,21,22). The Labute approximate surface area is 129 Å². The molecule has 0 amide bonds. The second kappa shape index (κ2) is 5.64. The summed E-state index contributed by atoms with van der Waals surface area (Å²) in [5.74, 6) is -1.40. The minimum atomic E-state index is -1.14. The molecule has 0 aliphatic rings. The van der Waals surface area contributed by atoms with Crippen molar-refractivity contribution < 1.29 is 14.7 Å². The van der Waals surface area contributed by atoms with E-state index in [-0.39, 0.29) is 28.0 Å². The van der Waals surface area contributed by atoms with Crippen LogP contribution in [-0.2, 0) is 5.41 Å². The van der Waals surface area contributed by atoms with Gasteiger partial charge in [0.2, 0.25) is 0 Å². The van der Waals surface area contributed by atoms with Crippen LogP contribution < -0.4 is 5.73 Å². The minimum absolute atomic E-state index is 0.0220. The van der Waals surface area contributed by atoms with Crippen molar-refractivity contribution in [3.63, 3.8) is 0 Å². The van der Waals surface area contributed by atoms with Crippen LogP contribution in [0.2, 0.25) is 0 Å². The molecule has 0 fully saturated rings. The molecule has 0 heterocycles. The number of carbonyl (C=O) groups is 2. The van der Waals surface area contributed by atoms with Crippen LogP contribution in [0.15, 0.2) is 42.5 Å². The van der Waals surface area contributed by atoms with E-state index in [1.807, 2.05) is 26.8 Å². The third-order valence-electron chi connectivity index (χ3n) is 3.55. The van der Waals surface area contributed by atoms with E-state index in [4.69, 9.17) is 5.73 Å². The van der Waals surface area contributed by atoms with Gasteiger partial charge in [0.1, 0.15) is 0 Å². The Balaban J connectivity index is 2.73. The highest BCUT2D eigenvalue weighted by molar-refractivity contribution is 6.15. The minimum Gasteiger partial charge on any atom is -0.478 e. The molecule has 0 spiro atoms. The third kappa shape index (κ3) is 2.86. The fourth-order valence-corrected chi connectivity index (χ4v) is 2.41. The van der Waals surface area contributed by atoms with E-state index in [1.54, 1.807) is 30.3 Å². The second-order valence-electron chi connectivity index (χ2n) is 6.20. The topological polar surface area (TPSA) is 80.4 Å². The summed E-state index contributed by atoms with van der Waals surface area (Å²) in [6, 6.07) is 11.9. The molecule has 2 aromatic carbocycles. The Morgan fingerprint density at radius 1 is 1.00 bits per heavy atom. The van der Waals surface area contributed by atoms with E-state index in [2.05, 4.69) is 0 Å². The summed E-state index contributed by atoms with van der Waals surface area (Å²) in [5, 5.41) is 9.24. The Hall–Kier alpha value is -2.62. The molecule has 0 aliphatic carbocycles. The lowest BCUT2D eigenvalue weighted by atomic mass is 9.80. The predicted octanol–water partition coefficient (Wildman–Crippen LogP) is 3.50.